The number of carbonyl (C=O) groups excluding carboxylic acids is 1. The maximum atomic E-state index is 12.2. The molecule has 0 atom stereocenters. The number of nitrogens with zero attached hydrogens (tertiary/aromatic N) is 3. The molecule has 3 rings (SSSR count). The minimum Gasteiger partial charge on any atom is -0.497 e. The lowest BCUT2D eigenvalue weighted by atomic mass is 10.3. The Balaban J connectivity index is 1.53. The highest BCUT2D eigenvalue weighted by molar-refractivity contribution is 7.99. The fourth-order valence-electron chi connectivity index (χ4n) is 2.48. The van der Waals surface area contributed by atoms with E-state index in [9.17, 15) is 4.79 Å². The molecule has 2 aromatic carbocycles. The molecule has 1 aromatic heterocycles. The predicted octanol–water partition coefficient (Wildman–Crippen LogP) is 3.14. The molecule has 0 aliphatic rings. The summed E-state index contributed by atoms with van der Waals surface area (Å²) in [5.41, 5.74) is 0.709. The Kier molecular flexibility index (Phi) is 6.96. The van der Waals surface area contributed by atoms with Crippen LogP contribution in [-0.2, 0) is 18.4 Å². The van der Waals surface area contributed by atoms with Gasteiger partial charge in [-0.1, -0.05) is 23.9 Å². The van der Waals surface area contributed by atoms with E-state index in [1.165, 1.54) is 11.8 Å². The van der Waals surface area contributed by atoms with Crippen molar-refractivity contribution < 1.29 is 19.0 Å². The van der Waals surface area contributed by atoms with Gasteiger partial charge in [0.05, 0.1) is 20.0 Å². The van der Waals surface area contributed by atoms with Crippen LogP contribution in [0.5, 0.6) is 17.2 Å². The summed E-state index contributed by atoms with van der Waals surface area (Å²) in [6, 6.07) is 14.6. The molecule has 29 heavy (non-hydrogen) atoms. The zero-order chi connectivity index (χ0) is 20.6. The lowest BCUT2D eigenvalue weighted by Crippen LogP contribution is -2.14. The van der Waals surface area contributed by atoms with Gasteiger partial charge in [-0.05, 0) is 36.4 Å². The number of ether oxygens (including phenoxy) is 3. The minimum atomic E-state index is -0.130. The van der Waals surface area contributed by atoms with Crippen LogP contribution in [0.4, 0.5) is 5.69 Å². The van der Waals surface area contributed by atoms with Gasteiger partial charge in [-0.25, -0.2) is 0 Å². The number of hydrogen-bond donors (Lipinski definition) is 1. The molecule has 8 nitrogen and oxygen atoms in total. The van der Waals surface area contributed by atoms with Crippen LogP contribution in [0.15, 0.2) is 53.7 Å². The summed E-state index contributed by atoms with van der Waals surface area (Å²) in [5, 5.41) is 11.8. The third kappa shape index (κ3) is 5.41. The Bertz CT molecular complexity index is 959. The Labute approximate surface area is 173 Å². The van der Waals surface area contributed by atoms with Crippen LogP contribution >= 0.6 is 11.8 Å². The number of nitrogens with one attached hydrogen (secondary N) is 1. The summed E-state index contributed by atoms with van der Waals surface area (Å²) in [6.07, 6.45) is 0. The van der Waals surface area contributed by atoms with Crippen molar-refractivity contribution >= 4 is 23.4 Å². The second kappa shape index (κ2) is 9.83. The second-order valence-corrected chi connectivity index (χ2v) is 6.91. The first-order valence-corrected chi connectivity index (χ1v) is 9.80. The Morgan fingerprint density at radius 3 is 2.45 bits per heavy atom. The van der Waals surface area contributed by atoms with E-state index in [1.807, 2.05) is 31.3 Å². The maximum absolute atomic E-state index is 12.2. The van der Waals surface area contributed by atoms with Crippen molar-refractivity contribution in [1.82, 2.24) is 14.8 Å². The highest BCUT2D eigenvalue weighted by Gasteiger charge is 2.13. The first kappa shape index (κ1) is 20.5. The number of aromatic nitrogens is 3. The van der Waals surface area contributed by atoms with Crippen molar-refractivity contribution in [2.45, 2.75) is 11.8 Å². The number of anilines is 1. The number of methoxy groups -OCH3 is 2. The van der Waals surface area contributed by atoms with Gasteiger partial charge < -0.3 is 24.1 Å². The molecular weight excluding hydrogens is 392 g/mol. The first-order chi connectivity index (χ1) is 14.1. The van der Waals surface area contributed by atoms with Crippen molar-refractivity contribution in [1.29, 1.82) is 0 Å². The molecule has 152 valence electrons. The molecule has 0 aliphatic carbocycles. The topological polar surface area (TPSA) is 87.5 Å². The van der Waals surface area contributed by atoms with Crippen LogP contribution in [0.1, 0.15) is 5.82 Å². The smallest absolute Gasteiger partial charge is 0.234 e. The zero-order valence-electron chi connectivity index (χ0n) is 16.4. The van der Waals surface area contributed by atoms with Crippen molar-refractivity contribution in [3.8, 4) is 17.2 Å². The lowest BCUT2D eigenvalue weighted by molar-refractivity contribution is -0.113. The van der Waals surface area contributed by atoms with Gasteiger partial charge in [0, 0.05) is 12.7 Å². The molecule has 0 radical (unpaired) electrons. The normalized spacial score (nSPS) is 10.4. The van der Waals surface area contributed by atoms with Gasteiger partial charge >= 0.3 is 0 Å². The van der Waals surface area contributed by atoms with Gasteiger partial charge in [-0.3, -0.25) is 4.79 Å². The van der Waals surface area contributed by atoms with Crippen molar-refractivity contribution in [3.05, 3.63) is 54.4 Å². The van der Waals surface area contributed by atoms with Gasteiger partial charge in [0.1, 0.15) is 12.4 Å². The van der Waals surface area contributed by atoms with Gasteiger partial charge in [0.25, 0.3) is 0 Å². The van der Waals surface area contributed by atoms with Crippen molar-refractivity contribution in [2.75, 3.05) is 25.3 Å². The average Bonchev–Trinajstić information content (AvgIpc) is 3.11. The fourth-order valence-corrected chi connectivity index (χ4v) is 3.21. The summed E-state index contributed by atoms with van der Waals surface area (Å²) >= 11 is 1.30. The third-order valence-electron chi connectivity index (χ3n) is 4.06. The van der Waals surface area contributed by atoms with Gasteiger partial charge in [-0.2, -0.15) is 0 Å². The number of hydrogen-bond acceptors (Lipinski definition) is 7. The molecule has 0 fully saturated rings. The maximum Gasteiger partial charge on any atom is 0.234 e. The number of para-hydroxylation sites is 2. The van der Waals surface area contributed by atoms with E-state index in [0.717, 1.165) is 5.75 Å². The van der Waals surface area contributed by atoms with Crippen LogP contribution in [0.2, 0.25) is 0 Å². The fraction of sp³-hybridized carbons (Fsp3) is 0.250. The van der Waals surface area contributed by atoms with E-state index in [0.29, 0.717) is 28.2 Å². The molecule has 3 aromatic rings. The molecule has 1 N–H and O–H groups in total. The summed E-state index contributed by atoms with van der Waals surface area (Å²) < 4.78 is 18.0. The molecule has 0 bridgehead atoms. The largest absolute Gasteiger partial charge is 0.497 e. The number of carbonyl (C=O) groups is 1. The molecule has 0 aliphatic heterocycles. The third-order valence-corrected chi connectivity index (χ3v) is 5.08. The molecule has 1 amide bonds. The molecule has 0 saturated heterocycles. The SMILES string of the molecule is COc1ccc(NC(=O)CSc2nnc(COc3ccccc3OC)n2C)cc1. The molecule has 9 heteroatoms. The van der Waals surface area contributed by atoms with Crippen LogP contribution in [0.25, 0.3) is 0 Å². The predicted molar refractivity (Wildman–Crippen MR) is 111 cm³/mol. The van der Waals surface area contributed by atoms with Gasteiger partial charge in [0.2, 0.25) is 5.91 Å². The quantitative estimate of drug-likeness (QED) is 0.538. The Hall–Kier alpha value is -3.20. The molecular formula is C20H22N4O4S. The number of rotatable bonds is 9. The number of amides is 1. The highest BCUT2D eigenvalue weighted by Crippen LogP contribution is 2.27. The van der Waals surface area contributed by atoms with E-state index in [4.69, 9.17) is 14.2 Å². The number of benzene rings is 2. The van der Waals surface area contributed by atoms with Gasteiger partial charge in [-0.15, -0.1) is 10.2 Å². The minimum absolute atomic E-state index is 0.130. The average molecular weight is 414 g/mol. The van der Waals surface area contributed by atoms with Crippen LogP contribution < -0.4 is 19.5 Å². The molecule has 1 heterocycles. The standard InChI is InChI=1S/C20H22N4O4S/c1-24-18(12-28-17-7-5-4-6-16(17)27-3)22-23-20(24)29-13-19(25)21-14-8-10-15(26-2)11-9-14/h4-11H,12-13H2,1-3H3,(H,21,25). The van der Waals surface area contributed by atoms with E-state index in [2.05, 4.69) is 15.5 Å². The monoisotopic (exact) mass is 414 g/mol. The van der Waals surface area contributed by atoms with E-state index in [1.54, 1.807) is 43.1 Å². The van der Waals surface area contributed by atoms with Crippen molar-refractivity contribution in [2.24, 2.45) is 7.05 Å². The summed E-state index contributed by atoms with van der Waals surface area (Å²) in [5.74, 6) is 2.75. The molecule has 0 saturated carbocycles. The van der Waals surface area contributed by atoms with Crippen LogP contribution in [0, 0.1) is 0 Å². The van der Waals surface area contributed by atoms with E-state index in [-0.39, 0.29) is 18.3 Å². The Morgan fingerprint density at radius 2 is 1.76 bits per heavy atom. The summed E-state index contributed by atoms with van der Waals surface area (Å²) in [7, 11) is 5.03. The highest BCUT2D eigenvalue weighted by atomic mass is 32.2. The number of thioether (sulfide) groups is 1. The van der Waals surface area contributed by atoms with E-state index >= 15 is 0 Å². The van der Waals surface area contributed by atoms with Gasteiger partial charge in [0.15, 0.2) is 22.5 Å². The van der Waals surface area contributed by atoms with Crippen molar-refractivity contribution in [3.63, 3.8) is 0 Å². The second-order valence-electron chi connectivity index (χ2n) is 5.96. The Morgan fingerprint density at radius 1 is 1.03 bits per heavy atom. The van der Waals surface area contributed by atoms with Crippen LogP contribution in [-0.4, -0.2) is 40.6 Å². The molecule has 0 unspecified atom stereocenters. The summed E-state index contributed by atoms with van der Waals surface area (Å²) in [6.45, 7) is 0.239. The summed E-state index contributed by atoms with van der Waals surface area (Å²) in [4.78, 5) is 12.2. The first-order valence-electron chi connectivity index (χ1n) is 8.81. The lowest BCUT2D eigenvalue weighted by Gasteiger charge is -2.10. The molecule has 0 spiro atoms. The van der Waals surface area contributed by atoms with E-state index < -0.39 is 0 Å². The zero-order valence-corrected chi connectivity index (χ0v) is 17.2. The van der Waals surface area contributed by atoms with Crippen LogP contribution in [0.3, 0.4) is 0 Å².